The third kappa shape index (κ3) is 3.22. The Hall–Kier alpha value is -3.27. The van der Waals surface area contributed by atoms with Crippen molar-refractivity contribution in [1.29, 1.82) is 0 Å². The van der Waals surface area contributed by atoms with Crippen LogP contribution in [0.25, 0.3) is 0 Å². The number of hydrogen-bond donors (Lipinski definition) is 4. The lowest BCUT2D eigenvalue weighted by atomic mass is 10.3. The van der Waals surface area contributed by atoms with E-state index in [9.17, 15) is 0 Å². The van der Waals surface area contributed by atoms with Gasteiger partial charge in [-0.3, -0.25) is 10.2 Å². The number of rotatable bonds is 4. The van der Waals surface area contributed by atoms with Crippen LogP contribution in [0.5, 0.6) is 0 Å². The van der Waals surface area contributed by atoms with Crippen molar-refractivity contribution in [3.8, 4) is 0 Å². The van der Waals surface area contributed by atoms with Crippen molar-refractivity contribution in [2.75, 3.05) is 11.5 Å². The van der Waals surface area contributed by atoms with Gasteiger partial charge in [0.1, 0.15) is 5.82 Å². The van der Waals surface area contributed by atoms with Gasteiger partial charge in [-0.1, -0.05) is 11.6 Å². The molecule has 6 N–H and O–H groups in total. The van der Waals surface area contributed by atoms with Gasteiger partial charge in [-0.25, -0.2) is 0 Å². The highest BCUT2D eigenvalue weighted by Gasteiger charge is 2.11. The number of nitrogens with zero attached hydrogens (tertiary/aromatic N) is 6. The Morgan fingerprint density at radius 2 is 1.62 bits per heavy atom. The second-order valence-electron chi connectivity index (χ2n) is 4.77. The summed E-state index contributed by atoms with van der Waals surface area (Å²) in [7, 11) is 0. The lowest BCUT2D eigenvalue weighted by Gasteiger charge is -1.94. The summed E-state index contributed by atoms with van der Waals surface area (Å²) in [6.07, 6.45) is 0. The second kappa shape index (κ2) is 6.46. The fourth-order valence-corrected chi connectivity index (χ4v) is 1.91. The van der Waals surface area contributed by atoms with Crippen LogP contribution in [0.4, 0.5) is 34.5 Å². The Morgan fingerprint density at radius 1 is 0.917 bits per heavy atom. The monoisotopic (exact) mass is 344 g/mol. The quantitative estimate of drug-likeness (QED) is 0.525. The molecule has 0 aliphatic rings. The largest absolute Gasteiger partial charge is 0.382 e. The van der Waals surface area contributed by atoms with Crippen LogP contribution >= 0.6 is 11.6 Å². The first-order chi connectivity index (χ1) is 11.5. The van der Waals surface area contributed by atoms with Crippen molar-refractivity contribution >= 4 is 46.1 Å². The smallest absolute Gasteiger partial charge is 0.223 e. The summed E-state index contributed by atoms with van der Waals surface area (Å²) < 4.78 is 0. The predicted octanol–water partition coefficient (Wildman–Crippen LogP) is 4.09. The number of nitrogens with one attached hydrogen (secondary N) is 2. The molecule has 0 saturated carbocycles. The van der Waals surface area contributed by atoms with E-state index < -0.39 is 0 Å². The standard InChI is InChI=1S/C13H13ClN10/c1-6-9(19-18-8-4-2-7(14)3-5-8)13(23-17-6)24-20-10-11(15)21-22-12(10)16/h2-5H,1H3,(H,17,23)(H5,15,16,21,22). The van der Waals surface area contributed by atoms with E-state index in [0.717, 1.165) is 0 Å². The molecule has 0 aliphatic carbocycles. The molecule has 3 rings (SSSR count). The summed E-state index contributed by atoms with van der Waals surface area (Å²) in [6, 6.07) is 6.94. The first kappa shape index (κ1) is 15.6. The summed E-state index contributed by atoms with van der Waals surface area (Å²) >= 11 is 5.83. The number of aryl methyl sites for hydroxylation is 1. The molecular formula is C13H13ClN10. The van der Waals surface area contributed by atoms with Crippen LogP contribution < -0.4 is 11.5 Å². The summed E-state index contributed by atoms with van der Waals surface area (Å²) in [5, 5.41) is 29.9. The van der Waals surface area contributed by atoms with E-state index in [1.165, 1.54) is 0 Å². The Bertz CT molecular complexity index is 886. The van der Waals surface area contributed by atoms with Gasteiger partial charge in [-0.2, -0.15) is 15.3 Å². The Labute approximate surface area is 141 Å². The van der Waals surface area contributed by atoms with E-state index in [1.54, 1.807) is 31.2 Å². The molecule has 0 unspecified atom stereocenters. The molecule has 0 atom stereocenters. The summed E-state index contributed by atoms with van der Waals surface area (Å²) in [5.74, 6) is 0.617. The van der Waals surface area contributed by atoms with Crippen LogP contribution in [0.3, 0.4) is 0 Å². The van der Waals surface area contributed by atoms with Gasteiger partial charge in [-0.15, -0.1) is 15.3 Å². The molecule has 2 heterocycles. The van der Waals surface area contributed by atoms with Gasteiger partial charge in [-0.05, 0) is 31.2 Å². The van der Waals surface area contributed by atoms with Crippen LogP contribution in [0.15, 0.2) is 44.7 Å². The van der Waals surface area contributed by atoms with Gasteiger partial charge in [0, 0.05) is 5.02 Å². The average Bonchev–Trinajstić information content (AvgIpc) is 3.08. The second-order valence-corrected chi connectivity index (χ2v) is 5.20. The highest BCUT2D eigenvalue weighted by Crippen LogP contribution is 2.33. The van der Waals surface area contributed by atoms with Crippen molar-refractivity contribution < 1.29 is 0 Å². The molecule has 24 heavy (non-hydrogen) atoms. The van der Waals surface area contributed by atoms with Gasteiger partial charge in [0.15, 0.2) is 17.2 Å². The number of hydrogen-bond acceptors (Lipinski definition) is 8. The van der Waals surface area contributed by atoms with Gasteiger partial charge >= 0.3 is 0 Å². The normalized spacial score (nSPS) is 11.8. The van der Waals surface area contributed by atoms with E-state index in [2.05, 4.69) is 40.9 Å². The number of aromatic nitrogens is 4. The fraction of sp³-hybridized carbons (Fsp3) is 0.0769. The molecule has 3 aromatic rings. The van der Waals surface area contributed by atoms with E-state index in [4.69, 9.17) is 23.1 Å². The van der Waals surface area contributed by atoms with Crippen molar-refractivity contribution in [2.45, 2.75) is 6.92 Å². The third-order valence-corrected chi connectivity index (χ3v) is 3.28. The average molecular weight is 345 g/mol. The highest BCUT2D eigenvalue weighted by molar-refractivity contribution is 6.30. The summed E-state index contributed by atoms with van der Waals surface area (Å²) in [6.45, 7) is 1.79. The van der Waals surface area contributed by atoms with Crippen LogP contribution in [0.1, 0.15) is 5.69 Å². The molecule has 10 nitrogen and oxygen atoms in total. The number of H-pyrrole nitrogens is 2. The zero-order chi connectivity index (χ0) is 17.1. The van der Waals surface area contributed by atoms with E-state index in [-0.39, 0.29) is 23.1 Å². The molecule has 0 spiro atoms. The van der Waals surface area contributed by atoms with Gasteiger partial charge in [0.05, 0.1) is 11.4 Å². The van der Waals surface area contributed by atoms with Gasteiger partial charge in [0.2, 0.25) is 5.82 Å². The first-order valence-electron chi connectivity index (χ1n) is 6.78. The zero-order valence-electron chi connectivity index (χ0n) is 12.5. The minimum Gasteiger partial charge on any atom is -0.382 e. The number of anilines is 2. The molecule has 1 aromatic carbocycles. The number of nitrogens with two attached hydrogens (primary N) is 2. The molecule has 122 valence electrons. The Kier molecular flexibility index (Phi) is 4.20. The minimum atomic E-state index is 0.146. The van der Waals surface area contributed by atoms with Gasteiger partial charge < -0.3 is 11.5 Å². The van der Waals surface area contributed by atoms with Crippen molar-refractivity contribution in [1.82, 2.24) is 20.4 Å². The Balaban J connectivity index is 1.87. The van der Waals surface area contributed by atoms with Crippen molar-refractivity contribution in [3.05, 3.63) is 35.0 Å². The summed E-state index contributed by atoms with van der Waals surface area (Å²) in [5.41, 5.74) is 13.3. The van der Waals surface area contributed by atoms with Crippen molar-refractivity contribution in [2.24, 2.45) is 20.5 Å². The van der Waals surface area contributed by atoms with Gasteiger partial charge in [0.25, 0.3) is 0 Å². The molecule has 2 aromatic heterocycles. The number of azo groups is 2. The molecule has 0 radical (unpaired) electrons. The minimum absolute atomic E-state index is 0.146. The number of aromatic amines is 2. The van der Waals surface area contributed by atoms with Crippen LogP contribution in [0, 0.1) is 6.92 Å². The van der Waals surface area contributed by atoms with Crippen LogP contribution in [-0.2, 0) is 0 Å². The molecule has 0 aliphatic heterocycles. The maximum atomic E-state index is 5.83. The first-order valence-corrected chi connectivity index (χ1v) is 7.15. The lowest BCUT2D eigenvalue weighted by molar-refractivity contribution is 1.03. The van der Waals surface area contributed by atoms with Crippen molar-refractivity contribution in [3.63, 3.8) is 0 Å². The zero-order valence-corrected chi connectivity index (χ0v) is 13.3. The maximum absolute atomic E-state index is 5.83. The predicted molar refractivity (Wildman–Crippen MR) is 90.5 cm³/mol. The number of halogens is 1. The fourth-order valence-electron chi connectivity index (χ4n) is 1.78. The highest BCUT2D eigenvalue weighted by atomic mass is 35.5. The Morgan fingerprint density at radius 3 is 2.29 bits per heavy atom. The van der Waals surface area contributed by atoms with Crippen LogP contribution in [-0.4, -0.2) is 20.4 Å². The maximum Gasteiger partial charge on any atom is 0.223 e. The molecule has 0 bridgehead atoms. The van der Waals surface area contributed by atoms with Crippen LogP contribution in [0.2, 0.25) is 5.02 Å². The molecule has 11 heteroatoms. The number of benzene rings is 1. The molecule has 0 fully saturated rings. The van der Waals surface area contributed by atoms with E-state index in [1.807, 2.05) is 0 Å². The lowest BCUT2D eigenvalue weighted by Crippen LogP contribution is -1.84. The molecule has 0 amide bonds. The van der Waals surface area contributed by atoms with E-state index >= 15 is 0 Å². The number of nitrogen functional groups attached to an aromatic ring is 2. The SMILES string of the molecule is Cc1[nH]nc(N=Nc2c(N)n[nH]c2N)c1N=Nc1ccc(Cl)cc1. The third-order valence-electron chi connectivity index (χ3n) is 3.03. The topological polar surface area (TPSA) is 159 Å². The summed E-state index contributed by atoms with van der Waals surface area (Å²) in [4.78, 5) is 0. The molecule has 0 saturated heterocycles. The van der Waals surface area contributed by atoms with E-state index in [0.29, 0.717) is 22.1 Å². The molecular weight excluding hydrogens is 332 g/mol.